The van der Waals surface area contributed by atoms with Gasteiger partial charge >= 0.3 is 18.1 Å². The van der Waals surface area contributed by atoms with E-state index >= 15 is 0 Å². The first-order valence-corrected chi connectivity index (χ1v) is 8.75. The van der Waals surface area contributed by atoms with E-state index in [9.17, 15) is 19.2 Å². The van der Waals surface area contributed by atoms with Crippen molar-refractivity contribution in [1.82, 2.24) is 4.90 Å². The minimum absolute atomic E-state index is 0.0353. The second kappa shape index (κ2) is 7.94. The summed E-state index contributed by atoms with van der Waals surface area (Å²) >= 11 is 1.39. The summed E-state index contributed by atoms with van der Waals surface area (Å²) in [6.07, 6.45) is 0.0292. The number of nitrogens with zero attached hydrogens (tertiary/aromatic N) is 1. The van der Waals surface area contributed by atoms with Crippen LogP contribution < -0.4 is 0 Å². The van der Waals surface area contributed by atoms with Crippen molar-refractivity contribution in [2.75, 3.05) is 20.0 Å². The van der Waals surface area contributed by atoms with Gasteiger partial charge in [-0.2, -0.15) is 0 Å². The standard InChI is InChI=1S/C15H21NO8S/c1-4-5-21-14(20)24-8-23-13(19)12-15(3,7-22-9(2)17)25-11-6-10(18)16(11)12/h11-12H,4-8H2,1-3H3. The lowest BCUT2D eigenvalue weighted by Gasteiger charge is -2.37. The molecular weight excluding hydrogens is 354 g/mol. The van der Waals surface area contributed by atoms with E-state index in [0.29, 0.717) is 12.8 Å². The average molecular weight is 375 g/mol. The molecule has 9 nitrogen and oxygen atoms in total. The molecule has 2 saturated heterocycles. The van der Waals surface area contributed by atoms with Gasteiger partial charge in [0.25, 0.3) is 0 Å². The van der Waals surface area contributed by atoms with Gasteiger partial charge in [0.1, 0.15) is 12.6 Å². The third kappa shape index (κ3) is 4.36. The molecule has 0 saturated carbocycles. The van der Waals surface area contributed by atoms with Crippen molar-refractivity contribution in [3.63, 3.8) is 0 Å². The Kier molecular flexibility index (Phi) is 6.15. The van der Waals surface area contributed by atoms with E-state index in [0.717, 1.165) is 0 Å². The molecule has 0 aromatic rings. The Bertz CT molecular complexity index is 568. The number of carbonyl (C=O) groups is 4. The van der Waals surface area contributed by atoms with E-state index in [1.54, 1.807) is 6.92 Å². The Morgan fingerprint density at radius 3 is 2.56 bits per heavy atom. The number of amides is 1. The first-order valence-electron chi connectivity index (χ1n) is 7.87. The van der Waals surface area contributed by atoms with Gasteiger partial charge in [-0.05, 0) is 13.3 Å². The lowest BCUT2D eigenvalue weighted by molar-refractivity contribution is -0.169. The van der Waals surface area contributed by atoms with Crippen LogP contribution in [0.5, 0.6) is 0 Å². The van der Waals surface area contributed by atoms with Crippen LogP contribution in [0.2, 0.25) is 0 Å². The second-order valence-electron chi connectivity index (χ2n) is 5.90. The normalized spacial score (nSPS) is 27.2. The van der Waals surface area contributed by atoms with Crippen molar-refractivity contribution in [1.29, 1.82) is 0 Å². The minimum Gasteiger partial charge on any atom is -0.464 e. The molecule has 0 aromatic heterocycles. The van der Waals surface area contributed by atoms with Crippen LogP contribution in [-0.2, 0) is 33.3 Å². The lowest BCUT2D eigenvalue weighted by Crippen LogP contribution is -2.58. The smallest absolute Gasteiger partial charge is 0.464 e. The van der Waals surface area contributed by atoms with Gasteiger partial charge in [0.05, 0.1) is 23.1 Å². The van der Waals surface area contributed by atoms with Gasteiger partial charge in [0.15, 0.2) is 0 Å². The van der Waals surface area contributed by atoms with E-state index < -0.39 is 35.7 Å². The van der Waals surface area contributed by atoms with Crippen LogP contribution in [0.15, 0.2) is 0 Å². The number of hydrogen-bond acceptors (Lipinski definition) is 9. The number of esters is 2. The molecule has 3 atom stereocenters. The van der Waals surface area contributed by atoms with Crippen LogP contribution in [0.1, 0.15) is 33.6 Å². The molecule has 140 valence electrons. The molecule has 2 fully saturated rings. The molecular formula is C15H21NO8S. The lowest BCUT2D eigenvalue weighted by atomic mass is 9.97. The Balaban J connectivity index is 1.95. The summed E-state index contributed by atoms with van der Waals surface area (Å²) in [5.74, 6) is -1.37. The van der Waals surface area contributed by atoms with Gasteiger partial charge in [-0.25, -0.2) is 9.59 Å². The van der Waals surface area contributed by atoms with Crippen molar-refractivity contribution >= 4 is 35.8 Å². The molecule has 2 heterocycles. The van der Waals surface area contributed by atoms with Crippen LogP contribution in [0.25, 0.3) is 0 Å². The largest absolute Gasteiger partial charge is 0.511 e. The average Bonchev–Trinajstić information content (AvgIpc) is 2.79. The van der Waals surface area contributed by atoms with Crippen molar-refractivity contribution in [2.45, 2.75) is 49.8 Å². The van der Waals surface area contributed by atoms with E-state index in [2.05, 4.69) is 4.74 Å². The topological polar surface area (TPSA) is 108 Å². The molecule has 25 heavy (non-hydrogen) atoms. The van der Waals surface area contributed by atoms with Crippen LogP contribution in [0, 0.1) is 0 Å². The zero-order chi connectivity index (χ0) is 18.6. The maximum Gasteiger partial charge on any atom is 0.511 e. The molecule has 10 heteroatoms. The summed E-state index contributed by atoms with van der Waals surface area (Å²) < 4.78 is 18.5. The fourth-order valence-electron chi connectivity index (χ4n) is 2.64. The maximum atomic E-state index is 12.4. The quantitative estimate of drug-likeness (QED) is 0.279. The zero-order valence-electron chi connectivity index (χ0n) is 14.3. The van der Waals surface area contributed by atoms with Crippen molar-refractivity contribution in [3.05, 3.63) is 0 Å². The first kappa shape index (κ1) is 19.4. The number of β-lactam (4-membered cyclic amide) rings is 1. The van der Waals surface area contributed by atoms with Gasteiger partial charge in [-0.3, -0.25) is 9.59 Å². The van der Waals surface area contributed by atoms with Gasteiger partial charge in [-0.1, -0.05) is 6.92 Å². The molecule has 2 rings (SSSR count). The third-order valence-electron chi connectivity index (χ3n) is 3.80. The Hall–Kier alpha value is -1.97. The van der Waals surface area contributed by atoms with Crippen LogP contribution in [0.3, 0.4) is 0 Å². The molecule has 0 N–H and O–H groups in total. The highest BCUT2D eigenvalue weighted by Gasteiger charge is 2.61. The zero-order valence-corrected chi connectivity index (χ0v) is 15.1. The van der Waals surface area contributed by atoms with E-state index in [-0.39, 0.29) is 24.5 Å². The highest BCUT2D eigenvalue weighted by molar-refractivity contribution is 8.01. The molecule has 3 unspecified atom stereocenters. The number of ether oxygens (including phenoxy) is 4. The van der Waals surface area contributed by atoms with Gasteiger partial charge < -0.3 is 23.8 Å². The van der Waals surface area contributed by atoms with Crippen molar-refractivity contribution < 1.29 is 38.1 Å². The van der Waals surface area contributed by atoms with Crippen LogP contribution >= 0.6 is 11.8 Å². The predicted molar refractivity (Wildman–Crippen MR) is 85.4 cm³/mol. The molecule has 2 aliphatic rings. The van der Waals surface area contributed by atoms with Gasteiger partial charge in [0, 0.05) is 6.92 Å². The van der Waals surface area contributed by atoms with Gasteiger partial charge in [0.2, 0.25) is 12.7 Å². The molecule has 0 aromatic carbocycles. The fraction of sp³-hybridized carbons (Fsp3) is 0.733. The van der Waals surface area contributed by atoms with Crippen molar-refractivity contribution in [2.24, 2.45) is 0 Å². The van der Waals surface area contributed by atoms with E-state index in [4.69, 9.17) is 14.2 Å². The summed E-state index contributed by atoms with van der Waals surface area (Å²) in [5.41, 5.74) is 0. The monoisotopic (exact) mass is 375 g/mol. The predicted octanol–water partition coefficient (Wildman–Crippen LogP) is 1.05. The van der Waals surface area contributed by atoms with E-state index in [1.807, 2.05) is 6.92 Å². The highest BCUT2D eigenvalue weighted by Crippen LogP contribution is 2.51. The Labute approximate surface area is 149 Å². The maximum absolute atomic E-state index is 12.4. The molecule has 0 aliphatic carbocycles. The number of thioether (sulfide) groups is 1. The molecule has 0 bridgehead atoms. The van der Waals surface area contributed by atoms with E-state index in [1.165, 1.54) is 23.6 Å². The first-order chi connectivity index (χ1) is 11.8. The fourth-order valence-corrected chi connectivity index (χ4v) is 4.31. The Morgan fingerprint density at radius 2 is 1.96 bits per heavy atom. The van der Waals surface area contributed by atoms with Crippen LogP contribution in [0.4, 0.5) is 4.79 Å². The molecule has 0 spiro atoms. The SMILES string of the molecule is CCCOC(=O)OCOC(=O)C1N2C(=O)CC2SC1(C)COC(C)=O. The summed E-state index contributed by atoms with van der Waals surface area (Å²) in [6, 6.07) is -0.918. The second-order valence-corrected chi connectivity index (χ2v) is 7.61. The molecule has 2 aliphatic heterocycles. The van der Waals surface area contributed by atoms with Gasteiger partial charge in [-0.15, -0.1) is 11.8 Å². The highest BCUT2D eigenvalue weighted by atomic mass is 32.2. The van der Waals surface area contributed by atoms with Crippen molar-refractivity contribution in [3.8, 4) is 0 Å². The summed E-state index contributed by atoms with van der Waals surface area (Å²) in [7, 11) is 0. The third-order valence-corrected chi connectivity index (χ3v) is 5.34. The molecule has 0 radical (unpaired) electrons. The number of carbonyl (C=O) groups excluding carboxylic acids is 4. The summed E-state index contributed by atoms with van der Waals surface area (Å²) in [5, 5.41) is -0.152. The Morgan fingerprint density at radius 1 is 1.24 bits per heavy atom. The number of hydrogen-bond donors (Lipinski definition) is 0. The summed E-state index contributed by atoms with van der Waals surface area (Å²) in [6.45, 7) is 4.39. The molecule has 1 amide bonds. The summed E-state index contributed by atoms with van der Waals surface area (Å²) in [4.78, 5) is 48.0. The number of fused-ring (bicyclic) bond motifs is 1. The minimum atomic E-state index is -0.934. The number of rotatable bonds is 7. The van der Waals surface area contributed by atoms with Crippen LogP contribution in [-0.4, -0.2) is 65.1 Å².